The van der Waals surface area contributed by atoms with Crippen LogP contribution in [-0.4, -0.2) is 10.9 Å². The third kappa shape index (κ3) is 2.81. The Bertz CT molecular complexity index is 867. The highest BCUT2D eigenvalue weighted by atomic mass is 19.1. The standard InChI is InChI=1S/C16H10F2N2O4/c17-9-5-6-13(12(18)7-9)19-8-14(20(22)23)15-10-3-1-2-4-11(10)16(21)24-15/h1-8,15,19H/t15-/m0/s1. The van der Waals surface area contributed by atoms with Crippen molar-refractivity contribution >= 4 is 11.7 Å². The minimum Gasteiger partial charge on any atom is -0.442 e. The summed E-state index contributed by atoms with van der Waals surface area (Å²) in [6, 6.07) is 9.04. The van der Waals surface area contributed by atoms with Crippen LogP contribution in [0.2, 0.25) is 0 Å². The summed E-state index contributed by atoms with van der Waals surface area (Å²) in [6.07, 6.45) is -0.282. The minimum atomic E-state index is -1.21. The zero-order valence-electron chi connectivity index (χ0n) is 12.0. The lowest BCUT2D eigenvalue weighted by atomic mass is 10.0. The Hall–Kier alpha value is -3.29. The van der Waals surface area contributed by atoms with Gasteiger partial charge in [-0.25, -0.2) is 13.6 Å². The molecule has 0 amide bonds. The van der Waals surface area contributed by atoms with E-state index in [1.165, 1.54) is 6.07 Å². The Kier molecular flexibility index (Phi) is 3.95. The topological polar surface area (TPSA) is 81.5 Å². The lowest BCUT2D eigenvalue weighted by molar-refractivity contribution is -0.436. The Morgan fingerprint density at radius 1 is 1.25 bits per heavy atom. The van der Waals surface area contributed by atoms with Gasteiger partial charge in [-0.3, -0.25) is 10.1 Å². The van der Waals surface area contributed by atoms with Crippen molar-refractivity contribution in [2.24, 2.45) is 0 Å². The summed E-state index contributed by atoms with van der Waals surface area (Å²) in [6.45, 7) is 0. The van der Waals surface area contributed by atoms with E-state index in [0.717, 1.165) is 18.3 Å². The number of fused-ring (bicyclic) bond motifs is 1. The molecular weight excluding hydrogens is 322 g/mol. The number of nitrogens with one attached hydrogen (secondary N) is 1. The summed E-state index contributed by atoms with van der Waals surface area (Å²) in [4.78, 5) is 22.4. The van der Waals surface area contributed by atoms with E-state index >= 15 is 0 Å². The van der Waals surface area contributed by atoms with Crippen LogP contribution in [0.5, 0.6) is 0 Å². The molecule has 6 nitrogen and oxygen atoms in total. The predicted molar refractivity (Wildman–Crippen MR) is 79.7 cm³/mol. The van der Waals surface area contributed by atoms with E-state index in [9.17, 15) is 23.7 Å². The summed E-state index contributed by atoms with van der Waals surface area (Å²) in [5.74, 6) is -2.34. The van der Waals surface area contributed by atoms with Gasteiger partial charge in [0.05, 0.1) is 22.4 Å². The normalized spacial score (nSPS) is 16.5. The average Bonchev–Trinajstić information content (AvgIpc) is 2.87. The molecule has 0 aliphatic carbocycles. The SMILES string of the molecule is O=C1O[C@H](C(=CNc2ccc(F)cc2F)[N+](=O)[O-])c2ccccc21. The Morgan fingerprint density at radius 2 is 2.00 bits per heavy atom. The number of hydrogen-bond acceptors (Lipinski definition) is 5. The molecule has 3 rings (SSSR count). The molecule has 0 saturated carbocycles. The third-order valence-corrected chi connectivity index (χ3v) is 3.47. The summed E-state index contributed by atoms with van der Waals surface area (Å²) < 4.78 is 31.5. The number of cyclic esters (lactones) is 1. The van der Waals surface area contributed by atoms with Gasteiger partial charge >= 0.3 is 11.7 Å². The maximum atomic E-state index is 13.6. The van der Waals surface area contributed by atoms with Crippen LogP contribution in [0.3, 0.4) is 0 Å². The number of benzene rings is 2. The van der Waals surface area contributed by atoms with Crippen LogP contribution in [0.15, 0.2) is 54.4 Å². The fourth-order valence-corrected chi connectivity index (χ4v) is 2.35. The second-order valence-electron chi connectivity index (χ2n) is 4.97. The van der Waals surface area contributed by atoms with Gasteiger partial charge in [0.25, 0.3) is 0 Å². The van der Waals surface area contributed by atoms with Crippen molar-refractivity contribution in [3.05, 3.63) is 87.2 Å². The second-order valence-corrected chi connectivity index (χ2v) is 4.97. The zero-order chi connectivity index (χ0) is 17.3. The monoisotopic (exact) mass is 332 g/mol. The summed E-state index contributed by atoms with van der Waals surface area (Å²) in [7, 11) is 0. The van der Waals surface area contributed by atoms with E-state index in [-0.39, 0.29) is 11.3 Å². The average molecular weight is 332 g/mol. The molecule has 1 N–H and O–H groups in total. The quantitative estimate of drug-likeness (QED) is 0.527. The van der Waals surface area contributed by atoms with Crippen LogP contribution in [-0.2, 0) is 4.74 Å². The number of carbonyl (C=O) groups is 1. The van der Waals surface area contributed by atoms with Crippen molar-refractivity contribution in [2.45, 2.75) is 6.10 Å². The number of halogens is 2. The largest absolute Gasteiger partial charge is 0.442 e. The lowest BCUT2D eigenvalue weighted by Gasteiger charge is -2.09. The van der Waals surface area contributed by atoms with Gasteiger partial charge in [0.2, 0.25) is 6.10 Å². The Labute approximate surface area is 134 Å². The van der Waals surface area contributed by atoms with Gasteiger partial charge in [0.15, 0.2) is 0 Å². The van der Waals surface area contributed by atoms with Gasteiger partial charge < -0.3 is 10.1 Å². The van der Waals surface area contributed by atoms with Gasteiger partial charge in [-0.15, -0.1) is 0 Å². The number of nitrogens with zero attached hydrogens (tertiary/aromatic N) is 1. The van der Waals surface area contributed by atoms with Crippen LogP contribution in [0.1, 0.15) is 22.0 Å². The van der Waals surface area contributed by atoms with E-state index in [0.29, 0.717) is 11.6 Å². The van der Waals surface area contributed by atoms with Gasteiger partial charge in [-0.2, -0.15) is 0 Å². The smallest absolute Gasteiger partial charge is 0.339 e. The lowest BCUT2D eigenvalue weighted by Crippen LogP contribution is -2.12. The first-order valence-corrected chi connectivity index (χ1v) is 6.83. The molecule has 1 atom stereocenters. The molecule has 0 spiro atoms. The molecule has 0 bridgehead atoms. The molecule has 8 heteroatoms. The van der Waals surface area contributed by atoms with Gasteiger partial charge in [-0.05, 0) is 18.2 Å². The molecule has 0 unspecified atom stereocenters. The van der Waals surface area contributed by atoms with Crippen LogP contribution in [0.25, 0.3) is 0 Å². The molecular formula is C16H10F2N2O4. The molecule has 0 saturated heterocycles. The van der Waals surface area contributed by atoms with Crippen molar-refractivity contribution in [3.8, 4) is 0 Å². The van der Waals surface area contributed by atoms with E-state index in [1.807, 2.05) is 0 Å². The molecule has 1 heterocycles. The van der Waals surface area contributed by atoms with Crippen molar-refractivity contribution in [1.82, 2.24) is 0 Å². The molecule has 0 radical (unpaired) electrons. The number of hydrogen-bond donors (Lipinski definition) is 1. The molecule has 122 valence electrons. The van der Waals surface area contributed by atoms with Crippen molar-refractivity contribution in [3.63, 3.8) is 0 Å². The number of anilines is 1. The number of rotatable bonds is 4. The van der Waals surface area contributed by atoms with E-state index < -0.39 is 34.3 Å². The molecule has 0 aromatic heterocycles. The maximum Gasteiger partial charge on any atom is 0.339 e. The maximum absolute atomic E-state index is 13.6. The van der Waals surface area contributed by atoms with Gasteiger partial charge in [0, 0.05) is 11.6 Å². The Morgan fingerprint density at radius 3 is 2.71 bits per heavy atom. The number of ether oxygens (including phenoxy) is 1. The first kappa shape index (κ1) is 15.6. The highest BCUT2D eigenvalue weighted by molar-refractivity contribution is 5.94. The van der Waals surface area contributed by atoms with E-state index in [1.54, 1.807) is 18.2 Å². The minimum absolute atomic E-state index is 0.145. The first-order chi connectivity index (χ1) is 11.5. The van der Waals surface area contributed by atoms with Gasteiger partial charge in [0.1, 0.15) is 11.6 Å². The molecule has 24 heavy (non-hydrogen) atoms. The number of esters is 1. The molecule has 2 aromatic carbocycles. The third-order valence-electron chi connectivity index (χ3n) is 3.47. The first-order valence-electron chi connectivity index (χ1n) is 6.83. The second kappa shape index (κ2) is 6.07. The van der Waals surface area contributed by atoms with Crippen LogP contribution in [0.4, 0.5) is 14.5 Å². The molecule has 1 aliphatic heterocycles. The fraction of sp³-hybridized carbons (Fsp3) is 0.0625. The predicted octanol–water partition coefficient (Wildman–Crippen LogP) is 3.41. The van der Waals surface area contributed by atoms with E-state index in [2.05, 4.69) is 5.32 Å². The zero-order valence-corrected chi connectivity index (χ0v) is 12.0. The molecule has 0 fully saturated rings. The highest BCUT2D eigenvalue weighted by Gasteiger charge is 2.39. The molecule has 2 aromatic rings. The number of carbonyl (C=O) groups excluding carboxylic acids is 1. The Balaban J connectivity index is 1.94. The summed E-state index contributed by atoms with van der Waals surface area (Å²) in [5, 5.41) is 13.7. The van der Waals surface area contributed by atoms with Crippen molar-refractivity contribution < 1.29 is 23.2 Å². The number of nitro groups is 1. The molecule has 1 aliphatic rings. The van der Waals surface area contributed by atoms with Gasteiger partial charge in [-0.1, -0.05) is 18.2 Å². The van der Waals surface area contributed by atoms with Crippen LogP contribution in [0, 0.1) is 21.7 Å². The highest BCUT2D eigenvalue weighted by Crippen LogP contribution is 2.35. The summed E-state index contributed by atoms with van der Waals surface area (Å²) in [5.41, 5.74) is -0.0274. The summed E-state index contributed by atoms with van der Waals surface area (Å²) >= 11 is 0. The van der Waals surface area contributed by atoms with Crippen molar-refractivity contribution in [1.29, 1.82) is 0 Å². The van der Waals surface area contributed by atoms with Crippen LogP contribution >= 0.6 is 0 Å². The fourth-order valence-electron chi connectivity index (χ4n) is 2.35. The van der Waals surface area contributed by atoms with Crippen molar-refractivity contribution in [2.75, 3.05) is 5.32 Å². The van der Waals surface area contributed by atoms with E-state index in [4.69, 9.17) is 4.74 Å². The van der Waals surface area contributed by atoms with Crippen LogP contribution < -0.4 is 5.32 Å².